The molecule has 2 atom stereocenters. The fourth-order valence-electron chi connectivity index (χ4n) is 3.03. The Balaban J connectivity index is 1.99. The number of nitrogens with one attached hydrogen (secondary N) is 2. The molecule has 5 nitrogen and oxygen atoms in total. The van der Waals surface area contributed by atoms with E-state index in [0.717, 1.165) is 21.9 Å². The number of aromatic amines is 1. The quantitative estimate of drug-likeness (QED) is 0.721. The van der Waals surface area contributed by atoms with Gasteiger partial charge in [-0.1, -0.05) is 18.2 Å². The number of aryl methyl sites for hydroxylation is 1. The molecule has 0 saturated carbocycles. The Labute approximate surface area is 149 Å². The Kier molecular flexibility index (Phi) is 6.15. The summed E-state index contributed by atoms with van der Waals surface area (Å²) in [6, 6.07) is 9.41. The van der Waals surface area contributed by atoms with Gasteiger partial charge in [-0.3, -0.25) is 9.59 Å². The third-order valence-corrected chi connectivity index (χ3v) is 4.68. The number of H-pyrrole nitrogens is 1. The summed E-state index contributed by atoms with van der Waals surface area (Å²) in [7, 11) is 1.98. The standard InChI is InChI=1S/C20H26N2O3/c1-13-18(16(4)23)14(2)21-19(13)20(24)15(3)22(5)11-12-25-17-9-7-6-8-10-17/h6-10,15,21H,11-12H2,1-5H3/p+1/t15-/m0/s1. The van der Waals surface area contributed by atoms with Crippen molar-refractivity contribution in [1.29, 1.82) is 0 Å². The van der Waals surface area contributed by atoms with Crippen LogP contribution in [0.25, 0.3) is 0 Å². The van der Waals surface area contributed by atoms with E-state index in [2.05, 4.69) is 4.98 Å². The van der Waals surface area contributed by atoms with Crippen LogP contribution in [0.3, 0.4) is 0 Å². The average Bonchev–Trinajstić information content (AvgIpc) is 2.88. The fraction of sp³-hybridized carbons (Fsp3) is 0.400. The van der Waals surface area contributed by atoms with E-state index in [-0.39, 0.29) is 17.6 Å². The van der Waals surface area contributed by atoms with E-state index in [1.807, 2.05) is 58.2 Å². The molecule has 1 heterocycles. The number of para-hydroxylation sites is 1. The second-order valence-corrected chi connectivity index (χ2v) is 6.52. The summed E-state index contributed by atoms with van der Waals surface area (Å²) >= 11 is 0. The molecule has 2 aromatic rings. The van der Waals surface area contributed by atoms with Gasteiger partial charge in [0, 0.05) is 11.3 Å². The minimum absolute atomic E-state index is 0.0186. The molecule has 0 fully saturated rings. The van der Waals surface area contributed by atoms with Crippen molar-refractivity contribution in [2.45, 2.75) is 33.7 Å². The summed E-state index contributed by atoms with van der Waals surface area (Å²) in [5, 5.41) is 0. The van der Waals surface area contributed by atoms with Gasteiger partial charge in [0.05, 0.1) is 12.7 Å². The highest BCUT2D eigenvalue weighted by molar-refractivity contribution is 6.04. The van der Waals surface area contributed by atoms with Gasteiger partial charge in [0.1, 0.15) is 24.9 Å². The van der Waals surface area contributed by atoms with E-state index in [0.29, 0.717) is 24.4 Å². The molecular weight excluding hydrogens is 316 g/mol. The topological polar surface area (TPSA) is 63.6 Å². The summed E-state index contributed by atoms with van der Waals surface area (Å²) in [4.78, 5) is 28.7. The zero-order valence-electron chi connectivity index (χ0n) is 15.6. The molecule has 1 aromatic carbocycles. The van der Waals surface area contributed by atoms with Crippen LogP contribution in [0.1, 0.15) is 46.0 Å². The first-order valence-corrected chi connectivity index (χ1v) is 8.57. The molecule has 5 heteroatoms. The lowest BCUT2D eigenvalue weighted by Gasteiger charge is -2.20. The third kappa shape index (κ3) is 4.37. The van der Waals surface area contributed by atoms with Gasteiger partial charge in [-0.05, 0) is 45.4 Å². The lowest BCUT2D eigenvalue weighted by molar-refractivity contribution is -0.893. The van der Waals surface area contributed by atoms with Crippen LogP contribution in [-0.4, -0.2) is 42.8 Å². The molecule has 0 amide bonds. The summed E-state index contributed by atoms with van der Waals surface area (Å²) in [5.74, 6) is 0.830. The molecule has 0 saturated heterocycles. The highest BCUT2D eigenvalue weighted by Crippen LogP contribution is 2.19. The van der Waals surface area contributed by atoms with Crippen molar-refractivity contribution < 1.29 is 19.2 Å². The molecule has 0 aliphatic carbocycles. The molecule has 1 unspecified atom stereocenters. The van der Waals surface area contributed by atoms with Gasteiger partial charge in [0.25, 0.3) is 0 Å². The smallest absolute Gasteiger partial charge is 0.235 e. The lowest BCUT2D eigenvalue weighted by atomic mass is 10.0. The van der Waals surface area contributed by atoms with E-state index in [1.165, 1.54) is 6.92 Å². The number of ketones is 2. The van der Waals surface area contributed by atoms with E-state index in [9.17, 15) is 9.59 Å². The van der Waals surface area contributed by atoms with Crippen LogP contribution in [0.5, 0.6) is 5.75 Å². The van der Waals surface area contributed by atoms with Crippen LogP contribution in [0.4, 0.5) is 0 Å². The van der Waals surface area contributed by atoms with Gasteiger partial charge < -0.3 is 14.6 Å². The van der Waals surface area contributed by atoms with Gasteiger partial charge in [-0.2, -0.15) is 0 Å². The molecule has 0 bridgehead atoms. The number of aromatic nitrogens is 1. The highest BCUT2D eigenvalue weighted by Gasteiger charge is 2.28. The molecule has 134 valence electrons. The number of benzene rings is 1. The molecule has 0 aliphatic heterocycles. The van der Waals surface area contributed by atoms with Crippen LogP contribution < -0.4 is 9.64 Å². The van der Waals surface area contributed by atoms with Gasteiger partial charge in [0.15, 0.2) is 5.78 Å². The van der Waals surface area contributed by atoms with Gasteiger partial charge in [0.2, 0.25) is 5.78 Å². The number of Topliss-reactive ketones (excluding diaryl/α,β-unsaturated/α-hetero) is 2. The molecule has 25 heavy (non-hydrogen) atoms. The second-order valence-electron chi connectivity index (χ2n) is 6.52. The van der Waals surface area contributed by atoms with Crippen molar-refractivity contribution in [2.24, 2.45) is 0 Å². The number of carbonyl (C=O) groups is 2. The van der Waals surface area contributed by atoms with Crippen molar-refractivity contribution >= 4 is 11.6 Å². The molecule has 1 aromatic heterocycles. The Bertz CT molecular complexity index is 750. The van der Waals surface area contributed by atoms with Crippen LogP contribution in [0.2, 0.25) is 0 Å². The molecule has 2 N–H and O–H groups in total. The Morgan fingerprint density at radius 3 is 2.40 bits per heavy atom. The van der Waals surface area contributed by atoms with Crippen molar-refractivity contribution in [1.82, 2.24) is 4.98 Å². The number of ether oxygens (including phenoxy) is 1. The zero-order chi connectivity index (χ0) is 18.6. The summed E-state index contributed by atoms with van der Waals surface area (Å²) in [6.07, 6.45) is 0. The molecule has 0 spiro atoms. The lowest BCUT2D eigenvalue weighted by Crippen LogP contribution is -3.14. The first-order valence-electron chi connectivity index (χ1n) is 8.57. The zero-order valence-corrected chi connectivity index (χ0v) is 15.6. The summed E-state index contributed by atoms with van der Waals surface area (Å²) in [6.45, 7) is 8.33. The van der Waals surface area contributed by atoms with Crippen molar-refractivity contribution in [2.75, 3.05) is 20.2 Å². The number of likely N-dealkylation sites (N-methyl/N-ethyl adjacent to an activating group) is 1. The number of quaternary nitrogens is 1. The minimum atomic E-state index is -0.226. The summed E-state index contributed by atoms with van der Waals surface area (Å²) < 4.78 is 5.71. The first-order chi connectivity index (χ1) is 11.8. The van der Waals surface area contributed by atoms with Gasteiger partial charge >= 0.3 is 0 Å². The highest BCUT2D eigenvalue weighted by atomic mass is 16.5. The van der Waals surface area contributed by atoms with E-state index in [1.54, 1.807) is 0 Å². The van der Waals surface area contributed by atoms with Crippen LogP contribution in [0, 0.1) is 13.8 Å². The van der Waals surface area contributed by atoms with Crippen molar-refractivity contribution in [3.63, 3.8) is 0 Å². The van der Waals surface area contributed by atoms with E-state index in [4.69, 9.17) is 4.74 Å². The molecule has 2 rings (SSSR count). The maximum Gasteiger partial charge on any atom is 0.235 e. The maximum absolute atomic E-state index is 12.8. The normalized spacial score (nSPS) is 13.3. The van der Waals surface area contributed by atoms with Crippen molar-refractivity contribution in [3.05, 3.63) is 52.8 Å². The number of carbonyl (C=O) groups excluding carboxylic acids is 2. The first kappa shape index (κ1) is 18.9. The van der Waals surface area contributed by atoms with Gasteiger partial charge in [-0.25, -0.2) is 0 Å². The number of hydrogen-bond acceptors (Lipinski definition) is 3. The second kappa shape index (κ2) is 8.12. The maximum atomic E-state index is 12.8. The number of rotatable bonds is 8. The average molecular weight is 343 g/mol. The minimum Gasteiger partial charge on any atom is -0.488 e. The van der Waals surface area contributed by atoms with Crippen LogP contribution in [-0.2, 0) is 0 Å². The Morgan fingerprint density at radius 1 is 1.20 bits per heavy atom. The predicted octanol–water partition coefficient (Wildman–Crippen LogP) is 2.00. The third-order valence-electron chi connectivity index (χ3n) is 4.68. The Hall–Kier alpha value is -2.40. The Morgan fingerprint density at radius 2 is 1.84 bits per heavy atom. The SMILES string of the molecule is CC(=O)c1c(C)[nH]c(C(=O)[C@H](C)[NH+](C)CCOc2ccccc2)c1C. The monoisotopic (exact) mass is 343 g/mol. The van der Waals surface area contributed by atoms with E-state index < -0.39 is 0 Å². The van der Waals surface area contributed by atoms with Crippen LogP contribution >= 0.6 is 0 Å². The largest absolute Gasteiger partial charge is 0.488 e. The fourth-order valence-corrected chi connectivity index (χ4v) is 3.03. The van der Waals surface area contributed by atoms with Crippen molar-refractivity contribution in [3.8, 4) is 5.75 Å². The predicted molar refractivity (Wildman–Crippen MR) is 97.8 cm³/mol. The van der Waals surface area contributed by atoms with Crippen LogP contribution in [0.15, 0.2) is 30.3 Å². The number of hydrogen-bond donors (Lipinski definition) is 2. The summed E-state index contributed by atoms with van der Waals surface area (Å²) in [5.41, 5.74) is 2.67. The molecule has 0 radical (unpaired) electrons. The van der Waals surface area contributed by atoms with Gasteiger partial charge in [-0.15, -0.1) is 0 Å². The molecular formula is C20H27N2O3+. The molecule has 0 aliphatic rings. The van der Waals surface area contributed by atoms with E-state index >= 15 is 0 Å².